The molecule has 0 bridgehead atoms. The summed E-state index contributed by atoms with van der Waals surface area (Å²) in [4.78, 5) is 11.9. The minimum absolute atomic E-state index is 0.0223. The van der Waals surface area contributed by atoms with E-state index >= 15 is 0 Å². The van der Waals surface area contributed by atoms with Gasteiger partial charge in [-0.05, 0) is 31.0 Å². The summed E-state index contributed by atoms with van der Waals surface area (Å²) in [6.45, 7) is 4.00. The van der Waals surface area contributed by atoms with E-state index in [4.69, 9.17) is 5.14 Å². The number of nitrogens with two attached hydrogens (primary N) is 1. The van der Waals surface area contributed by atoms with Gasteiger partial charge < -0.3 is 5.32 Å². The van der Waals surface area contributed by atoms with Crippen molar-refractivity contribution >= 4 is 15.9 Å². The molecule has 1 aromatic rings. The second-order valence-corrected chi connectivity index (χ2v) is 6.78. The molecule has 1 aromatic carbocycles. The fourth-order valence-corrected chi connectivity index (χ4v) is 2.57. The molecular formula is C15H24N2O3S. The summed E-state index contributed by atoms with van der Waals surface area (Å²) in [5, 5.41) is 7.96. The number of carbonyl (C=O) groups is 1. The van der Waals surface area contributed by atoms with Gasteiger partial charge in [-0.25, -0.2) is 13.6 Å². The van der Waals surface area contributed by atoms with Crippen LogP contribution in [0.5, 0.6) is 0 Å². The Hall–Kier alpha value is -1.40. The molecule has 21 heavy (non-hydrogen) atoms. The van der Waals surface area contributed by atoms with Gasteiger partial charge in [0.05, 0.1) is 10.9 Å². The molecule has 0 aliphatic carbocycles. The van der Waals surface area contributed by atoms with E-state index in [1.165, 1.54) is 12.1 Å². The van der Waals surface area contributed by atoms with Crippen molar-refractivity contribution in [3.8, 4) is 0 Å². The average molecular weight is 312 g/mol. The number of hydrogen-bond acceptors (Lipinski definition) is 3. The number of primary sulfonamides is 1. The van der Waals surface area contributed by atoms with Crippen molar-refractivity contribution in [2.24, 2.45) is 5.14 Å². The molecule has 0 radical (unpaired) electrons. The van der Waals surface area contributed by atoms with Gasteiger partial charge in [-0.2, -0.15) is 0 Å². The van der Waals surface area contributed by atoms with E-state index in [9.17, 15) is 13.2 Å². The van der Waals surface area contributed by atoms with Crippen molar-refractivity contribution in [1.82, 2.24) is 5.32 Å². The number of unbranched alkanes of at least 4 members (excludes halogenated alkanes) is 3. The van der Waals surface area contributed by atoms with E-state index in [0.29, 0.717) is 6.42 Å². The maximum absolute atomic E-state index is 11.8. The molecule has 1 amide bonds. The van der Waals surface area contributed by atoms with E-state index in [2.05, 4.69) is 12.2 Å². The van der Waals surface area contributed by atoms with Gasteiger partial charge in [0.1, 0.15) is 0 Å². The van der Waals surface area contributed by atoms with Gasteiger partial charge in [-0.3, -0.25) is 4.79 Å². The zero-order valence-electron chi connectivity index (χ0n) is 12.6. The van der Waals surface area contributed by atoms with Gasteiger partial charge >= 0.3 is 0 Å². The standard InChI is InChI=1S/C15H24N2O3S/c1-3-4-5-6-7-15(18)17-12(2)13-8-10-14(11-9-13)21(16,19)20/h8-12H,3-7H2,1-2H3,(H,17,18)(H2,16,19,20). The fraction of sp³-hybridized carbons (Fsp3) is 0.533. The molecule has 1 rings (SSSR count). The van der Waals surface area contributed by atoms with E-state index < -0.39 is 10.0 Å². The van der Waals surface area contributed by atoms with E-state index in [1.807, 2.05) is 6.92 Å². The van der Waals surface area contributed by atoms with Gasteiger partial charge in [-0.1, -0.05) is 38.3 Å². The zero-order chi connectivity index (χ0) is 15.9. The van der Waals surface area contributed by atoms with Crippen LogP contribution in [0.2, 0.25) is 0 Å². The number of carbonyl (C=O) groups excluding carboxylic acids is 1. The quantitative estimate of drug-likeness (QED) is 0.723. The molecule has 0 aliphatic heterocycles. The van der Waals surface area contributed by atoms with Crippen molar-refractivity contribution in [3.63, 3.8) is 0 Å². The van der Waals surface area contributed by atoms with Crippen molar-refractivity contribution in [2.45, 2.75) is 56.9 Å². The van der Waals surface area contributed by atoms with E-state index in [0.717, 1.165) is 31.2 Å². The summed E-state index contributed by atoms with van der Waals surface area (Å²) in [6.07, 6.45) is 4.80. The topological polar surface area (TPSA) is 89.3 Å². The van der Waals surface area contributed by atoms with Gasteiger partial charge in [0.25, 0.3) is 0 Å². The normalized spacial score (nSPS) is 12.9. The predicted octanol–water partition coefficient (Wildman–Crippen LogP) is 2.48. The van der Waals surface area contributed by atoms with Gasteiger partial charge in [0.2, 0.25) is 15.9 Å². The summed E-state index contributed by atoms with van der Waals surface area (Å²) in [7, 11) is -3.67. The Kier molecular flexibility index (Phi) is 6.84. The molecule has 1 unspecified atom stereocenters. The molecule has 6 heteroatoms. The van der Waals surface area contributed by atoms with Gasteiger partial charge in [0.15, 0.2) is 0 Å². The number of sulfonamides is 1. The minimum atomic E-state index is -3.67. The lowest BCUT2D eigenvalue weighted by Gasteiger charge is -2.14. The van der Waals surface area contributed by atoms with E-state index in [1.54, 1.807) is 12.1 Å². The van der Waals surface area contributed by atoms with Gasteiger partial charge in [0, 0.05) is 6.42 Å². The first kappa shape index (κ1) is 17.7. The maximum atomic E-state index is 11.8. The molecule has 118 valence electrons. The number of hydrogen-bond donors (Lipinski definition) is 2. The van der Waals surface area contributed by atoms with Crippen LogP contribution in [0, 0.1) is 0 Å². The smallest absolute Gasteiger partial charge is 0.238 e. The van der Waals surface area contributed by atoms with Crippen molar-refractivity contribution in [1.29, 1.82) is 0 Å². The van der Waals surface area contributed by atoms with Crippen LogP contribution in [0.15, 0.2) is 29.2 Å². The first-order chi connectivity index (χ1) is 9.84. The Bertz CT molecular complexity index is 553. The molecule has 5 nitrogen and oxygen atoms in total. The lowest BCUT2D eigenvalue weighted by atomic mass is 10.1. The Labute approximate surface area is 127 Å². The molecule has 0 heterocycles. The summed E-state index contributed by atoms with van der Waals surface area (Å²) in [5.41, 5.74) is 0.851. The summed E-state index contributed by atoms with van der Waals surface area (Å²) in [6, 6.07) is 6.09. The van der Waals surface area contributed by atoms with Crippen LogP contribution in [0.1, 0.15) is 57.6 Å². The number of amides is 1. The second kappa shape index (κ2) is 8.14. The Morgan fingerprint density at radius 3 is 2.33 bits per heavy atom. The fourth-order valence-electron chi connectivity index (χ4n) is 2.06. The van der Waals surface area contributed by atoms with E-state index in [-0.39, 0.29) is 16.8 Å². The molecular weight excluding hydrogens is 288 g/mol. The second-order valence-electron chi connectivity index (χ2n) is 5.21. The third kappa shape index (κ3) is 6.27. The maximum Gasteiger partial charge on any atom is 0.238 e. The van der Waals surface area contributed by atoms with Crippen LogP contribution in [-0.2, 0) is 14.8 Å². The van der Waals surface area contributed by atoms with Gasteiger partial charge in [-0.15, -0.1) is 0 Å². The number of rotatable bonds is 8. The van der Waals surface area contributed by atoms with Crippen LogP contribution >= 0.6 is 0 Å². The predicted molar refractivity (Wildman–Crippen MR) is 83.1 cm³/mol. The number of benzene rings is 1. The molecule has 0 saturated heterocycles. The lowest BCUT2D eigenvalue weighted by Crippen LogP contribution is -2.26. The highest BCUT2D eigenvalue weighted by Gasteiger charge is 2.11. The first-order valence-electron chi connectivity index (χ1n) is 7.26. The largest absolute Gasteiger partial charge is 0.350 e. The van der Waals surface area contributed by atoms with Crippen LogP contribution in [0.25, 0.3) is 0 Å². The van der Waals surface area contributed by atoms with Crippen LogP contribution in [0.4, 0.5) is 0 Å². The average Bonchev–Trinajstić information content (AvgIpc) is 2.43. The highest BCUT2D eigenvalue weighted by atomic mass is 32.2. The Balaban J connectivity index is 2.52. The molecule has 3 N–H and O–H groups in total. The highest BCUT2D eigenvalue weighted by Crippen LogP contribution is 2.16. The van der Waals surface area contributed by atoms with Crippen LogP contribution in [0.3, 0.4) is 0 Å². The van der Waals surface area contributed by atoms with Crippen molar-refractivity contribution in [2.75, 3.05) is 0 Å². The van der Waals surface area contributed by atoms with Crippen molar-refractivity contribution in [3.05, 3.63) is 29.8 Å². The molecule has 1 atom stereocenters. The SMILES string of the molecule is CCCCCCC(=O)NC(C)c1ccc(S(N)(=O)=O)cc1. The molecule has 0 aromatic heterocycles. The molecule has 0 fully saturated rings. The third-order valence-corrected chi connectivity index (χ3v) is 4.27. The lowest BCUT2D eigenvalue weighted by molar-refractivity contribution is -0.121. The minimum Gasteiger partial charge on any atom is -0.350 e. The zero-order valence-corrected chi connectivity index (χ0v) is 13.4. The molecule has 0 spiro atoms. The molecule has 0 saturated carbocycles. The van der Waals surface area contributed by atoms with Crippen molar-refractivity contribution < 1.29 is 13.2 Å². The Morgan fingerprint density at radius 2 is 1.81 bits per heavy atom. The number of nitrogens with one attached hydrogen (secondary N) is 1. The Morgan fingerprint density at radius 1 is 1.19 bits per heavy atom. The molecule has 0 aliphatic rings. The third-order valence-electron chi connectivity index (χ3n) is 3.34. The van der Waals surface area contributed by atoms with Crippen LogP contribution < -0.4 is 10.5 Å². The first-order valence-corrected chi connectivity index (χ1v) is 8.81. The monoisotopic (exact) mass is 312 g/mol. The summed E-state index contributed by atoms with van der Waals surface area (Å²) >= 11 is 0. The van der Waals surface area contributed by atoms with Crippen LogP contribution in [-0.4, -0.2) is 14.3 Å². The summed E-state index contributed by atoms with van der Waals surface area (Å²) < 4.78 is 22.3. The summed E-state index contributed by atoms with van der Waals surface area (Å²) in [5.74, 6) is 0.0223. The highest BCUT2D eigenvalue weighted by molar-refractivity contribution is 7.89.